The molecular formula is C21H29NO2Si. The van der Waals surface area contributed by atoms with E-state index in [1.807, 2.05) is 0 Å². The van der Waals surface area contributed by atoms with Gasteiger partial charge in [-0.15, -0.1) is 0 Å². The highest BCUT2D eigenvalue weighted by molar-refractivity contribution is 6.99. The molecule has 1 saturated heterocycles. The van der Waals surface area contributed by atoms with Gasteiger partial charge in [-0.3, -0.25) is 0 Å². The Bertz CT molecular complexity index is 609. The van der Waals surface area contributed by atoms with E-state index >= 15 is 0 Å². The molecule has 3 nitrogen and oxygen atoms in total. The SMILES string of the molecule is CC(C)(C)[Si](OC[C@@H]1CNCCO1)(c1ccccc1)c1ccccc1. The molecule has 4 heteroatoms. The maximum absolute atomic E-state index is 6.88. The second-order valence-corrected chi connectivity index (χ2v) is 12.0. The maximum Gasteiger partial charge on any atom is 0.261 e. The van der Waals surface area contributed by atoms with Crippen molar-refractivity contribution in [2.24, 2.45) is 0 Å². The molecule has 1 heterocycles. The zero-order chi connectivity index (χ0) is 17.8. The first-order valence-electron chi connectivity index (χ1n) is 9.11. The van der Waals surface area contributed by atoms with Crippen molar-refractivity contribution in [3.63, 3.8) is 0 Å². The Kier molecular flexibility index (Phi) is 5.74. The zero-order valence-corrected chi connectivity index (χ0v) is 16.5. The molecule has 3 rings (SSSR count). The molecule has 1 atom stereocenters. The quantitative estimate of drug-likeness (QED) is 0.836. The van der Waals surface area contributed by atoms with Crippen molar-refractivity contribution >= 4 is 18.7 Å². The third-order valence-electron chi connectivity index (χ3n) is 4.91. The first-order chi connectivity index (χ1) is 12.0. The highest BCUT2D eigenvalue weighted by atomic mass is 28.4. The minimum absolute atomic E-state index is 0.0117. The van der Waals surface area contributed by atoms with Crippen LogP contribution in [0.5, 0.6) is 0 Å². The lowest BCUT2D eigenvalue weighted by Crippen LogP contribution is -2.67. The number of morpholine rings is 1. The number of hydrogen-bond donors (Lipinski definition) is 1. The summed E-state index contributed by atoms with van der Waals surface area (Å²) in [4.78, 5) is 0. The molecule has 1 fully saturated rings. The van der Waals surface area contributed by atoms with Gasteiger partial charge in [0.2, 0.25) is 0 Å². The molecule has 1 aliphatic heterocycles. The van der Waals surface area contributed by atoms with Gasteiger partial charge in [0, 0.05) is 13.1 Å². The average Bonchev–Trinajstić information content (AvgIpc) is 2.64. The van der Waals surface area contributed by atoms with Gasteiger partial charge in [-0.1, -0.05) is 81.4 Å². The second kappa shape index (κ2) is 7.83. The lowest BCUT2D eigenvalue weighted by atomic mass is 10.2. The van der Waals surface area contributed by atoms with E-state index in [-0.39, 0.29) is 11.1 Å². The molecule has 25 heavy (non-hydrogen) atoms. The Morgan fingerprint density at radius 3 is 2.00 bits per heavy atom. The molecule has 0 aromatic heterocycles. The van der Waals surface area contributed by atoms with Gasteiger partial charge in [0.25, 0.3) is 8.32 Å². The van der Waals surface area contributed by atoms with E-state index in [0.717, 1.165) is 19.7 Å². The molecular weight excluding hydrogens is 326 g/mol. The van der Waals surface area contributed by atoms with Gasteiger partial charge in [-0.2, -0.15) is 0 Å². The number of ether oxygens (including phenoxy) is 1. The Balaban J connectivity index is 2.02. The molecule has 0 radical (unpaired) electrons. The largest absolute Gasteiger partial charge is 0.405 e. The lowest BCUT2D eigenvalue weighted by Gasteiger charge is -2.44. The van der Waals surface area contributed by atoms with E-state index in [1.165, 1.54) is 10.4 Å². The molecule has 0 saturated carbocycles. The van der Waals surface area contributed by atoms with Crippen LogP contribution >= 0.6 is 0 Å². The number of hydrogen-bond acceptors (Lipinski definition) is 3. The van der Waals surface area contributed by atoms with E-state index in [0.29, 0.717) is 6.61 Å². The number of benzene rings is 2. The molecule has 0 aliphatic carbocycles. The van der Waals surface area contributed by atoms with Crippen molar-refractivity contribution in [3.05, 3.63) is 60.7 Å². The van der Waals surface area contributed by atoms with Crippen LogP contribution in [-0.2, 0) is 9.16 Å². The molecule has 2 aromatic rings. The Morgan fingerprint density at radius 2 is 1.56 bits per heavy atom. The van der Waals surface area contributed by atoms with Crippen LogP contribution in [0.2, 0.25) is 5.04 Å². The van der Waals surface area contributed by atoms with E-state index in [1.54, 1.807) is 0 Å². The average molecular weight is 356 g/mol. The third-order valence-corrected chi connectivity index (χ3v) is 9.91. The maximum atomic E-state index is 6.88. The fourth-order valence-electron chi connectivity index (χ4n) is 3.71. The van der Waals surface area contributed by atoms with Gasteiger partial charge >= 0.3 is 0 Å². The highest BCUT2D eigenvalue weighted by Crippen LogP contribution is 2.36. The topological polar surface area (TPSA) is 30.5 Å². The second-order valence-electron chi connectivity index (χ2n) is 7.67. The predicted octanol–water partition coefficient (Wildman–Crippen LogP) is 2.55. The molecule has 0 unspecified atom stereocenters. The minimum atomic E-state index is -2.44. The van der Waals surface area contributed by atoms with Gasteiger partial charge < -0.3 is 14.5 Å². The van der Waals surface area contributed by atoms with Crippen LogP contribution in [0, 0.1) is 0 Å². The van der Waals surface area contributed by atoms with Crippen molar-refractivity contribution in [1.29, 1.82) is 0 Å². The summed E-state index contributed by atoms with van der Waals surface area (Å²) < 4.78 is 12.8. The van der Waals surface area contributed by atoms with Crippen LogP contribution in [0.15, 0.2) is 60.7 Å². The molecule has 0 amide bonds. The Hall–Kier alpha value is -1.46. The lowest BCUT2D eigenvalue weighted by molar-refractivity contribution is -0.00208. The molecule has 1 aliphatic rings. The first-order valence-corrected chi connectivity index (χ1v) is 11.0. The van der Waals surface area contributed by atoms with Crippen molar-refractivity contribution in [2.75, 3.05) is 26.3 Å². The van der Waals surface area contributed by atoms with Gasteiger partial charge in [-0.25, -0.2) is 0 Å². The monoisotopic (exact) mass is 355 g/mol. The van der Waals surface area contributed by atoms with Crippen molar-refractivity contribution in [2.45, 2.75) is 31.9 Å². The molecule has 0 bridgehead atoms. The standard InChI is InChI=1S/C21H29NO2Si/c1-21(2,3)25(19-10-6-4-7-11-19,20-12-8-5-9-13-20)24-17-18-16-22-14-15-23-18/h4-13,18,22H,14-17H2,1-3H3/t18-/m0/s1. The van der Waals surface area contributed by atoms with E-state index in [4.69, 9.17) is 9.16 Å². The summed E-state index contributed by atoms with van der Waals surface area (Å²) in [5.74, 6) is 0. The Morgan fingerprint density at radius 1 is 1.00 bits per heavy atom. The molecule has 0 spiro atoms. The van der Waals surface area contributed by atoms with Crippen LogP contribution in [0.3, 0.4) is 0 Å². The fraction of sp³-hybridized carbons (Fsp3) is 0.429. The van der Waals surface area contributed by atoms with Gasteiger partial charge in [0.05, 0.1) is 19.3 Å². The number of rotatable bonds is 5. The predicted molar refractivity (Wildman–Crippen MR) is 106 cm³/mol. The minimum Gasteiger partial charge on any atom is -0.405 e. The number of nitrogens with one attached hydrogen (secondary N) is 1. The van der Waals surface area contributed by atoms with Crippen molar-refractivity contribution < 1.29 is 9.16 Å². The third kappa shape index (κ3) is 3.87. The van der Waals surface area contributed by atoms with Crippen LogP contribution in [-0.4, -0.2) is 40.7 Å². The van der Waals surface area contributed by atoms with Crippen LogP contribution in [0.1, 0.15) is 20.8 Å². The summed E-state index contributed by atoms with van der Waals surface area (Å²) in [7, 11) is -2.44. The molecule has 1 N–H and O–H groups in total. The molecule has 2 aromatic carbocycles. The summed E-state index contributed by atoms with van der Waals surface area (Å²) in [5.41, 5.74) is 0. The smallest absolute Gasteiger partial charge is 0.261 e. The fourth-order valence-corrected chi connectivity index (χ4v) is 8.30. The summed E-state index contributed by atoms with van der Waals surface area (Å²) in [6.45, 7) is 10.1. The van der Waals surface area contributed by atoms with E-state index in [2.05, 4.69) is 86.8 Å². The zero-order valence-electron chi connectivity index (χ0n) is 15.5. The van der Waals surface area contributed by atoms with Crippen LogP contribution in [0.25, 0.3) is 0 Å². The summed E-state index contributed by atoms with van der Waals surface area (Å²) in [6.07, 6.45) is 0.121. The Labute approximate surface area is 152 Å². The first kappa shape index (κ1) is 18.3. The highest BCUT2D eigenvalue weighted by Gasteiger charge is 2.50. The van der Waals surface area contributed by atoms with Gasteiger partial charge in [0.15, 0.2) is 0 Å². The summed E-state index contributed by atoms with van der Waals surface area (Å²) in [6, 6.07) is 21.5. The van der Waals surface area contributed by atoms with Crippen molar-refractivity contribution in [3.8, 4) is 0 Å². The normalized spacial score (nSPS) is 18.9. The van der Waals surface area contributed by atoms with Crippen LogP contribution < -0.4 is 15.7 Å². The summed E-state index contributed by atoms with van der Waals surface area (Å²) in [5, 5.41) is 6.05. The molecule has 134 valence electrons. The summed E-state index contributed by atoms with van der Waals surface area (Å²) >= 11 is 0. The van der Waals surface area contributed by atoms with E-state index < -0.39 is 8.32 Å². The van der Waals surface area contributed by atoms with E-state index in [9.17, 15) is 0 Å². The van der Waals surface area contributed by atoms with Crippen molar-refractivity contribution in [1.82, 2.24) is 5.32 Å². The van der Waals surface area contributed by atoms with Gasteiger partial charge in [0.1, 0.15) is 0 Å². The van der Waals surface area contributed by atoms with Gasteiger partial charge in [-0.05, 0) is 15.4 Å². The van der Waals surface area contributed by atoms with Crippen LogP contribution in [0.4, 0.5) is 0 Å².